The molecule has 24 heavy (non-hydrogen) atoms. The minimum absolute atomic E-state index is 0.0950. The van der Waals surface area contributed by atoms with Crippen molar-refractivity contribution in [1.82, 2.24) is 15.5 Å². The summed E-state index contributed by atoms with van der Waals surface area (Å²) in [5.41, 5.74) is 0.994. The smallest absolute Gasteiger partial charge is 0.272 e. The molecule has 0 saturated heterocycles. The standard InChI is InChI=1S/C15H16N4O4S/c1-24(22,23)19-9-8-11(10-4-2-3-5-13(10)19)16-15(21)12-6-7-14(20)18-17-12/h2-7,11H,8-9H2,1H3,(H,16,21)(H,18,20). The van der Waals surface area contributed by atoms with Crippen LogP contribution in [0.2, 0.25) is 0 Å². The molecule has 9 heteroatoms. The lowest BCUT2D eigenvalue weighted by atomic mass is 9.98. The molecule has 8 nitrogen and oxygen atoms in total. The molecule has 1 aromatic heterocycles. The van der Waals surface area contributed by atoms with Gasteiger partial charge in [0.05, 0.1) is 18.0 Å². The number of benzene rings is 1. The molecule has 0 aliphatic carbocycles. The number of carbonyl (C=O) groups excluding carboxylic acids is 1. The fourth-order valence-electron chi connectivity index (χ4n) is 2.73. The Kier molecular flexibility index (Phi) is 4.10. The van der Waals surface area contributed by atoms with Crippen LogP contribution in [-0.4, -0.2) is 37.3 Å². The molecule has 1 unspecified atom stereocenters. The van der Waals surface area contributed by atoms with Gasteiger partial charge in [-0.25, -0.2) is 13.5 Å². The quantitative estimate of drug-likeness (QED) is 0.834. The van der Waals surface area contributed by atoms with Crippen LogP contribution >= 0.6 is 0 Å². The minimum atomic E-state index is -3.38. The first-order valence-electron chi connectivity index (χ1n) is 7.29. The summed E-state index contributed by atoms with van der Waals surface area (Å²) in [6.07, 6.45) is 1.60. The Morgan fingerprint density at radius 3 is 2.71 bits per heavy atom. The highest BCUT2D eigenvalue weighted by Gasteiger charge is 2.30. The Morgan fingerprint density at radius 1 is 1.29 bits per heavy atom. The fourth-order valence-corrected chi connectivity index (χ4v) is 3.69. The molecule has 1 aromatic carbocycles. The van der Waals surface area contributed by atoms with Crippen LogP contribution in [0.1, 0.15) is 28.5 Å². The van der Waals surface area contributed by atoms with E-state index in [9.17, 15) is 18.0 Å². The maximum Gasteiger partial charge on any atom is 0.272 e. The van der Waals surface area contributed by atoms with Crippen molar-refractivity contribution in [2.24, 2.45) is 0 Å². The first kappa shape index (κ1) is 16.2. The highest BCUT2D eigenvalue weighted by molar-refractivity contribution is 7.92. The zero-order chi connectivity index (χ0) is 17.3. The summed E-state index contributed by atoms with van der Waals surface area (Å²) in [4.78, 5) is 23.3. The lowest BCUT2D eigenvalue weighted by Crippen LogP contribution is -2.40. The summed E-state index contributed by atoms with van der Waals surface area (Å²) in [5.74, 6) is -0.432. The van der Waals surface area contributed by atoms with E-state index in [0.29, 0.717) is 12.1 Å². The number of rotatable bonds is 3. The third-order valence-electron chi connectivity index (χ3n) is 3.82. The van der Waals surface area contributed by atoms with Gasteiger partial charge in [0.25, 0.3) is 11.5 Å². The molecular weight excluding hydrogens is 332 g/mol. The molecule has 3 rings (SSSR count). The Hall–Kier alpha value is -2.68. The van der Waals surface area contributed by atoms with Crippen molar-refractivity contribution in [2.45, 2.75) is 12.5 Å². The molecular formula is C15H16N4O4S. The second-order valence-corrected chi connectivity index (χ2v) is 7.42. The zero-order valence-corrected chi connectivity index (χ0v) is 13.7. The SMILES string of the molecule is CS(=O)(=O)N1CCC(NC(=O)c2ccc(=O)[nH]n2)c2ccccc21. The van der Waals surface area contributed by atoms with Gasteiger partial charge in [0.15, 0.2) is 0 Å². The van der Waals surface area contributed by atoms with Crippen LogP contribution in [0.15, 0.2) is 41.2 Å². The predicted octanol–water partition coefficient (Wildman–Crippen LogP) is 0.411. The first-order chi connectivity index (χ1) is 11.4. The first-order valence-corrected chi connectivity index (χ1v) is 9.14. The third-order valence-corrected chi connectivity index (χ3v) is 5.00. The van der Waals surface area contributed by atoms with Crippen LogP contribution in [0.5, 0.6) is 0 Å². The van der Waals surface area contributed by atoms with Crippen LogP contribution < -0.4 is 15.2 Å². The van der Waals surface area contributed by atoms with Gasteiger partial charge < -0.3 is 5.32 Å². The summed E-state index contributed by atoms with van der Waals surface area (Å²) in [5, 5.41) is 8.75. The van der Waals surface area contributed by atoms with Gasteiger partial charge >= 0.3 is 0 Å². The Morgan fingerprint density at radius 2 is 2.04 bits per heavy atom. The van der Waals surface area contributed by atoms with E-state index in [0.717, 1.165) is 11.8 Å². The number of aromatic amines is 1. The molecule has 0 fully saturated rings. The molecule has 1 aliphatic heterocycles. The summed E-state index contributed by atoms with van der Waals surface area (Å²) < 4.78 is 25.2. The number of para-hydroxylation sites is 1. The topological polar surface area (TPSA) is 112 Å². The van der Waals surface area contributed by atoms with E-state index in [-0.39, 0.29) is 18.3 Å². The average Bonchev–Trinajstić information content (AvgIpc) is 2.54. The molecule has 0 bridgehead atoms. The molecule has 0 radical (unpaired) electrons. The van der Waals surface area contributed by atoms with Crippen LogP contribution in [0.4, 0.5) is 5.69 Å². The van der Waals surface area contributed by atoms with E-state index in [1.165, 1.54) is 16.4 Å². The van der Waals surface area contributed by atoms with Gasteiger partial charge in [0, 0.05) is 12.6 Å². The van der Waals surface area contributed by atoms with Gasteiger partial charge in [-0.1, -0.05) is 18.2 Å². The number of aromatic nitrogens is 2. The number of hydrogen-bond acceptors (Lipinski definition) is 5. The number of hydrogen-bond donors (Lipinski definition) is 2. The fraction of sp³-hybridized carbons (Fsp3) is 0.267. The van der Waals surface area contributed by atoms with Crippen LogP contribution in [0.3, 0.4) is 0 Å². The van der Waals surface area contributed by atoms with E-state index in [1.54, 1.807) is 24.3 Å². The van der Waals surface area contributed by atoms with Crippen molar-refractivity contribution < 1.29 is 13.2 Å². The lowest BCUT2D eigenvalue weighted by Gasteiger charge is -2.34. The molecule has 0 spiro atoms. The van der Waals surface area contributed by atoms with Gasteiger partial charge in [-0.15, -0.1) is 0 Å². The second-order valence-electron chi connectivity index (χ2n) is 5.52. The van der Waals surface area contributed by atoms with Gasteiger partial charge in [-0.05, 0) is 24.1 Å². The normalized spacial score (nSPS) is 17.2. The summed E-state index contributed by atoms with van der Waals surface area (Å²) in [7, 11) is -3.38. The molecule has 2 aromatic rings. The van der Waals surface area contributed by atoms with Crippen LogP contribution in [0, 0.1) is 0 Å². The van der Waals surface area contributed by atoms with Gasteiger partial charge in [-0.2, -0.15) is 5.10 Å². The van der Waals surface area contributed by atoms with E-state index in [2.05, 4.69) is 15.5 Å². The zero-order valence-electron chi connectivity index (χ0n) is 12.9. The monoisotopic (exact) mass is 348 g/mol. The molecule has 2 N–H and O–H groups in total. The van der Waals surface area contributed by atoms with Crippen molar-refractivity contribution in [3.8, 4) is 0 Å². The molecule has 1 amide bonds. The van der Waals surface area contributed by atoms with Gasteiger partial charge in [0.1, 0.15) is 5.69 Å². The summed E-state index contributed by atoms with van der Waals surface area (Å²) in [6.45, 7) is 0.278. The number of nitrogens with zero attached hydrogens (tertiary/aromatic N) is 2. The molecule has 126 valence electrons. The Balaban J connectivity index is 1.88. The van der Waals surface area contributed by atoms with E-state index in [4.69, 9.17) is 0 Å². The maximum absolute atomic E-state index is 12.3. The Labute approximate surface area is 138 Å². The third kappa shape index (κ3) is 3.16. The summed E-state index contributed by atoms with van der Waals surface area (Å²) in [6, 6.07) is 9.28. The number of nitrogens with one attached hydrogen (secondary N) is 2. The van der Waals surface area contributed by atoms with E-state index >= 15 is 0 Å². The van der Waals surface area contributed by atoms with Crippen molar-refractivity contribution in [2.75, 3.05) is 17.1 Å². The number of anilines is 1. The van der Waals surface area contributed by atoms with Crippen LogP contribution in [0.25, 0.3) is 0 Å². The Bertz CT molecular complexity index is 918. The number of fused-ring (bicyclic) bond motifs is 1. The van der Waals surface area contributed by atoms with E-state index < -0.39 is 21.5 Å². The second kappa shape index (κ2) is 6.08. The van der Waals surface area contributed by atoms with E-state index in [1.807, 2.05) is 0 Å². The van der Waals surface area contributed by atoms with Crippen molar-refractivity contribution >= 4 is 21.6 Å². The number of H-pyrrole nitrogens is 1. The van der Waals surface area contributed by atoms with Gasteiger partial charge in [0.2, 0.25) is 10.0 Å². The largest absolute Gasteiger partial charge is 0.344 e. The molecule has 1 atom stereocenters. The number of sulfonamides is 1. The molecule has 2 heterocycles. The van der Waals surface area contributed by atoms with Crippen molar-refractivity contribution in [3.63, 3.8) is 0 Å². The molecule has 0 saturated carbocycles. The highest BCUT2D eigenvalue weighted by atomic mass is 32.2. The highest BCUT2D eigenvalue weighted by Crippen LogP contribution is 2.35. The molecule has 1 aliphatic rings. The minimum Gasteiger partial charge on any atom is -0.344 e. The number of carbonyl (C=O) groups is 1. The number of amides is 1. The lowest BCUT2D eigenvalue weighted by molar-refractivity contribution is 0.0928. The van der Waals surface area contributed by atoms with Crippen molar-refractivity contribution in [1.29, 1.82) is 0 Å². The predicted molar refractivity (Wildman–Crippen MR) is 88.3 cm³/mol. The van der Waals surface area contributed by atoms with Crippen molar-refractivity contribution in [3.05, 3.63) is 58.0 Å². The summed E-state index contributed by atoms with van der Waals surface area (Å²) >= 11 is 0. The van der Waals surface area contributed by atoms with Gasteiger partial charge in [-0.3, -0.25) is 13.9 Å². The van der Waals surface area contributed by atoms with Crippen LogP contribution in [-0.2, 0) is 10.0 Å². The maximum atomic E-state index is 12.3. The average molecular weight is 348 g/mol.